The molecule has 2 bridgehead atoms. The maximum Gasteiger partial charge on any atom is 0.407 e. The Morgan fingerprint density at radius 3 is 2.42 bits per heavy atom. The fourth-order valence-corrected chi connectivity index (χ4v) is 5.52. The van der Waals surface area contributed by atoms with Gasteiger partial charge >= 0.3 is 12.1 Å². The van der Waals surface area contributed by atoms with Crippen LogP contribution in [0, 0.1) is 5.92 Å². The molecule has 1 aromatic carbocycles. The molecule has 0 spiro atoms. The van der Waals surface area contributed by atoms with Crippen LogP contribution in [0.25, 0.3) is 0 Å². The largest absolute Gasteiger partial charge is 0.465 e. The summed E-state index contributed by atoms with van der Waals surface area (Å²) >= 11 is 0. The van der Waals surface area contributed by atoms with Gasteiger partial charge in [-0.15, -0.1) is 0 Å². The van der Waals surface area contributed by atoms with Gasteiger partial charge in [0.05, 0.1) is 6.04 Å². The first-order chi connectivity index (χ1) is 17.1. The lowest BCUT2D eigenvalue weighted by molar-refractivity contribution is -0.140. The van der Waals surface area contributed by atoms with Crippen LogP contribution in [-0.4, -0.2) is 74.1 Å². The first kappa shape index (κ1) is 25.7. The van der Waals surface area contributed by atoms with Crippen LogP contribution in [-0.2, 0) is 21.0 Å². The average molecular weight is 502 g/mol. The Labute approximate surface area is 210 Å². The van der Waals surface area contributed by atoms with Crippen molar-refractivity contribution in [2.24, 2.45) is 5.92 Å². The number of hydrogen-bond acceptors (Lipinski definition) is 5. The van der Waals surface area contributed by atoms with Crippen molar-refractivity contribution in [1.82, 2.24) is 25.7 Å². The Morgan fingerprint density at radius 2 is 1.75 bits per heavy atom. The monoisotopic (exact) mass is 501 g/mol. The fraction of sp³-hybridized carbons (Fsp3) is 0.600. The van der Waals surface area contributed by atoms with E-state index in [1.165, 1.54) is 14.9 Å². The summed E-state index contributed by atoms with van der Waals surface area (Å²) in [6.07, 6.45) is 1.60. The number of nitrogens with one attached hydrogen (secondary N) is 2. The molecule has 4 atom stereocenters. The number of rotatable bonds is 6. The van der Waals surface area contributed by atoms with Gasteiger partial charge in [0, 0.05) is 24.0 Å². The van der Waals surface area contributed by atoms with Crippen molar-refractivity contribution in [2.75, 3.05) is 6.54 Å². The smallest absolute Gasteiger partial charge is 0.407 e. The van der Waals surface area contributed by atoms with Gasteiger partial charge in [-0.05, 0) is 58.4 Å². The van der Waals surface area contributed by atoms with Crippen LogP contribution >= 0.6 is 0 Å². The van der Waals surface area contributed by atoms with E-state index in [0.717, 1.165) is 5.56 Å². The SMILES string of the molecule is CC(C)(C)N(C(=O)O)[C@@H]1CC[C@H](C(=O)NNC(=O)[C@@H]2CC[C@@H]3CN2C(=O)N3OCc2ccccc2)C1. The highest BCUT2D eigenvalue weighted by Crippen LogP contribution is 2.34. The Bertz CT molecular complexity index is 996. The van der Waals surface area contributed by atoms with E-state index in [9.17, 15) is 24.3 Å². The maximum absolute atomic E-state index is 12.9. The first-order valence-corrected chi connectivity index (χ1v) is 12.4. The summed E-state index contributed by atoms with van der Waals surface area (Å²) in [6, 6.07) is 8.13. The van der Waals surface area contributed by atoms with E-state index in [1.54, 1.807) is 0 Å². The van der Waals surface area contributed by atoms with Crippen LogP contribution < -0.4 is 10.9 Å². The standard InChI is InChI=1S/C25H35N5O6/c1-25(2,3)29(24(34)35)18-10-9-17(13-18)21(31)26-27-22(32)20-12-11-19-14-28(20)23(33)30(19)36-15-16-7-5-4-6-8-16/h4-8,17-20H,9-15H2,1-3H3,(H,26,31)(H,27,32)(H,34,35)/t17-,18+,19+,20-/m0/s1. The number of amides is 5. The van der Waals surface area contributed by atoms with Gasteiger partial charge in [0.1, 0.15) is 12.6 Å². The van der Waals surface area contributed by atoms with Crippen LogP contribution in [0.4, 0.5) is 9.59 Å². The number of piperidine rings is 1. The average Bonchev–Trinajstić information content (AvgIpc) is 3.39. The zero-order chi connectivity index (χ0) is 26.0. The number of urea groups is 1. The highest BCUT2D eigenvalue weighted by molar-refractivity contribution is 5.90. The van der Waals surface area contributed by atoms with E-state index in [-0.39, 0.29) is 30.6 Å². The maximum atomic E-state index is 12.9. The first-order valence-electron chi connectivity index (χ1n) is 12.4. The van der Waals surface area contributed by atoms with Gasteiger partial charge in [-0.25, -0.2) is 9.59 Å². The second-order valence-corrected chi connectivity index (χ2v) is 10.7. The van der Waals surface area contributed by atoms with E-state index < -0.39 is 29.5 Å². The van der Waals surface area contributed by atoms with Gasteiger partial charge in [0.25, 0.3) is 5.91 Å². The van der Waals surface area contributed by atoms with Crippen molar-refractivity contribution in [2.45, 2.75) is 83.1 Å². The van der Waals surface area contributed by atoms with Crippen molar-refractivity contribution in [3.05, 3.63) is 35.9 Å². The second kappa shape index (κ2) is 10.3. The molecular formula is C25H35N5O6. The molecule has 0 unspecified atom stereocenters. The molecule has 0 aromatic heterocycles. The van der Waals surface area contributed by atoms with Crippen molar-refractivity contribution >= 4 is 23.9 Å². The van der Waals surface area contributed by atoms with Crippen molar-refractivity contribution in [3.63, 3.8) is 0 Å². The molecule has 3 N–H and O–H groups in total. The fourth-order valence-electron chi connectivity index (χ4n) is 5.52. The molecule has 5 amide bonds. The number of hydroxylamine groups is 2. The van der Waals surface area contributed by atoms with E-state index >= 15 is 0 Å². The summed E-state index contributed by atoms with van der Waals surface area (Å²) in [5.41, 5.74) is 5.35. The van der Waals surface area contributed by atoms with Gasteiger partial charge in [0.2, 0.25) is 5.91 Å². The van der Waals surface area contributed by atoms with Crippen LogP contribution in [0.5, 0.6) is 0 Å². The minimum atomic E-state index is -1.01. The highest BCUT2D eigenvalue weighted by Gasteiger charge is 2.48. The van der Waals surface area contributed by atoms with Crippen molar-refractivity contribution in [3.8, 4) is 0 Å². The highest BCUT2D eigenvalue weighted by atomic mass is 16.7. The molecule has 11 nitrogen and oxygen atoms in total. The van der Waals surface area contributed by atoms with Crippen molar-refractivity contribution < 1.29 is 29.1 Å². The zero-order valence-electron chi connectivity index (χ0n) is 21.0. The number of carbonyl (C=O) groups is 4. The molecule has 1 aromatic rings. The van der Waals surface area contributed by atoms with Gasteiger partial charge in [-0.3, -0.25) is 25.3 Å². The number of benzene rings is 1. The number of fused-ring (bicyclic) bond motifs is 2. The predicted octanol–water partition coefficient (Wildman–Crippen LogP) is 2.48. The summed E-state index contributed by atoms with van der Waals surface area (Å²) in [4.78, 5) is 58.9. The predicted molar refractivity (Wildman–Crippen MR) is 129 cm³/mol. The lowest BCUT2D eigenvalue weighted by Gasteiger charge is -2.38. The molecule has 3 fully saturated rings. The Balaban J connectivity index is 1.27. The summed E-state index contributed by atoms with van der Waals surface area (Å²) in [5.74, 6) is -1.19. The minimum absolute atomic E-state index is 0.115. The van der Waals surface area contributed by atoms with E-state index in [0.29, 0.717) is 38.6 Å². The molecule has 0 radical (unpaired) electrons. The zero-order valence-corrected chi connectivity index (χ0v) is 21.0. The third kappa shape index (κ3) is 5.40. The Hall–Kier alpha value is -3.34. The van der Waals surface area contributed by atoms with Crippen molar-refractivity contribution in [1.29, 1.82) is 0 Å². The Morgan fingerprint density at radius 1 is 1.06 bits per heavy atom. The normalized spacial score (nSPS) is 25.6. The summed E-state index contributed by atoms with van der Waals surface area (Å²) in [5, 5.41) is 11.0. The second-order valence-electron chi connectivity index (χ2n) is 10.7. The number of nitrogens with zero attached hydrogens (tertiary/aromatic N) is 3. The molecule has 11 heteroatoms. The molecule has 3 aliphatic rings. The number of hydrogen-bond donors (Lipinski definition) is 3. The topological polar surface area (TPSA) is 132 Å². The molecule has 1 aliphatic carbocycles. The molecule has 2 aliphatic heterocycles. The Kier molecular flexibility index (Phi) is 7.39. The summed E-state index contributed by atoms with van der Waals surface area (Å²) in [7, 11) is 0. The number of hydrazine groups is 1. The third-order valence-corrected chi connectivity index (χ3v) is 7.22. The van der Waals surface area contributed by atoms with E-state index in [4.69, 9.17) is 4.84 Å². The number of carboxylic acid groups (broad SMARTS) is 1. The quantitative estimate of drug-likeness (QED) is 0.513. The molecule has 2 saturated heterocycles. The number of carbonyl (C=O) groups excluding carboxylic acids is 3. The van der Waals surface area contributed by atoms with Crippen LogP contribution in [0.3, 0.4) is 0 Å². The molecular weight excluding hydrogens is 466 g/mol. The van der Waals surface area contributed by atoms with E-state index in [1.807, 2.05) is 51.1 Å². The van der Waals surface area contributed by atoms with Crippen LogP contribution in [0.2, 0.25) is 0 Å². The third-order valence-electron chi connectivity index (χ3n) is 7.22. The van der Waals surface area contributed by atoms with Gasteiger partial charge < -0.3 is 14.9 Å². The molecule has 36 heavy (non-hydrogen) atoms. The minimum Gasteiger partial charge on any atom is -0.465 e. The van der Waals surface area contributed by atoms with Gasteiger partial charge in [-0.2, -0.15) is 5.06 Å². The lowest BCUT2D eigenvalue weighted by atomic mass is 10.0. The van der Waals surface area contributed by atoms with Crippen LogP contribution in [0.15, 0.2) is 30.3 Å². The van der Waals surface area contributed by atoms with Crippen LogP contribution in [0.1, 0.15) is 58.4 Å². The lowest BCUT2D eigenvalue weighted by Crippen LogP contribution is -2.55. The van der Waals surface area contributed by atoms with Gasteiger partial charge in [0.15, 0.2) is 0 Å². The van der Waals surface area contributed by atoms with E-state index in [2.05, 4.69) is 10.9 Å². The molecule has 4 rings (SSSR count). The van der Waals surface area contributed by atoms with Gasteiger partial charge in [-0.1, -0.05) is 30.3 Å². The molecule has 196 valence electrons. The molecule has 2 heterocycles. The molecule has 1 saturated carbocycles. The summed E-state index contributed by atoms with van der Waals surface area (Å²) in [6.45, 7) is 6.15. The summed E-state index contributed by atoms with van der Waals surface area (Å²) < 4.78 is 0.